The summed E-state index contributed by atoms with van der Waals surface area (Å²) in [5.74, 6) is 0.362. The first-order valence-corrected chi connectivity index (χ1v) is 8.95. The number of nitrogens with zero attached hydrogens (tertiary/aromatic N) is 5. The number of β-amino-alcohol motifs (C(OH)–C–C–N with tert-alkyl or cyclic N) is 1. The summed E-state index contributed by atoms with van der Waals surface area (Å²) in [5.41, 5.74) is 0.959. The highest BCUT2D eigenvalue weighted by Gasteiger charge is 2.40. The van der Waals surface area contributed by atoms with E-state index in [1.54, 1.807) is 22.0 Å². The number of carbonyl (C=O) groups is 1. The van der Waals surface area contributed by atoms with Crippen LogP contribution in [0, 0.1) is 0 Å². The third kappa shape index (κ3) is 2.95. The lowest BCUT2D eigenvalue weighted by atomic mass is 9.89. The Bertz CT molecular complexity index is 778. The number of hydrogen-bond donors (Lipinski definition) is 2. The zero-order chi connectivity index (χ0) is 17.6. The summed E-state index contributed by atoms with van der Waals surface area (Å²) in [5, 5.41) is 26.4. The highest BCUT2D eigenvalue weighted by molar-refractivity contribution is 5.95. The van der Waals surface area contributed by atoms with Gasteiger partial charge in [-0.25, -0.2) is 4.68 Å². The molecule has 1 saturated carbocycles. The molecule has 1 aliphatic carbocycles. The minimum absolute atomic E-state index is 0.0648. The van der Waals surface area contributed by atoms with Gasteiger partial charge in [-0.2, -0.15) is 5.10 Å². The molecule has 0 bridgehead atoms. The standard InChI is InChI=1S/C17H24N6O2/c1-11(2)23-9-14(19-21-23)17(25)6-3-7-22(10-17)16(24)13-8-18-20-15(13)12-4-5-12/h8-9,11-12,25H,3-7,10H2,1-2H3,(H,18,20). The SMILES string of the molecule is CC(C)n1cc(C2(O)CCCN(C(=O)c3cn[nH]c3C3CC3)C2)nn1. The predicted octanol–water partition coefficient (Wildman–Crippen LogP) is 1.58. The quantitative estimate of drug-likeness (QED) is 0.877. The second-order valence-corrected chi connectivity index (χ2v) is 7.51. The molecule has 1 aliphatic heterocycles. The van der Waals surface area contributed by atoms with E-state index < -0.39 is 5.60 Å². The third-order valence-corrected chi connectivity index (χ3v) is 5.16. The van der Waals surface area contributed by atoms with Crippen LogP contribution in [0.4, 0.5) is 0 Å². The first-order chi connectivity index (χ1) is 12.0. The van der Waals surface area contributed by atoms with E-state index in [-0.39, 0.29) is 18.5 Å². The Morgan fingerprint density at radius 2 is 2.24 bits per heavy atom. The van der Waals surface area contributed by atoms with Crippen molar-refractivity contribution in [3.63, 3.8) is 0 Å². The Hall–Kier alpha value is -2.22. The summed E-state index contributed by atoms with van der Waals surface area (Å²) in [6.45, 7) is 4.89. The summed E-state index contributed by atoms with van der Waals surface area (Å²) in [4.78, 5) is 14.7. The van der Waals surface area contributed by atoms with Crippen molar-refractivity contribution in [2.45, 2.75) is 57.1 Å². The van der Waals surface area contributed by atoms with E-state index in [0.717, 1.165) is 25.0 Å². The molecule has 0 aromatic carbocycles. The van der Waals surface area contributed by atoms with Gasteiger partial charge in [-0.05, 0) is 39.5 Å². The molecule has 134 valence electrons. The molecule has 2 aromatic rings. The minimum Gasteiger partial charge on any atom is -0.382 e. The second kappa shape index (κ2) is 5.94. The van der Waals surface area contributed by atoms with Gasteiger partial charge < -0.3 is 10.0 Å². The Morgan fingerprint density at radius 1 is 1.44 bits per heavy atom. The van der Waals surface area contributed by atoms with E-state index in [1.165, 1.54) is 0 Å². The number of likely N-dealkylation sites (tertiary alicyclic amines) is 1. The number of amides is 1. The van der Waals surface area contributed by atoms with Gasteiger partial charge in [-0.3, -0.25) is 9.89 Å². The molecule has 1 saturated heterocycles. The first kappa shape index (κ1) is 16.3. The fourth-order valence-electron chi connectivity index (χ4n) is 3.48. The second-order valence-electron chi connectivity index (χ2n) is 7.51. The van der Waals surface area contributed by atoms with Gasteiger partial charge >= 0.3 is 0 Å². The van der Waals surface area contributed by atoms with Crippen LogP contribution in [0.5, 0.6) is 0 Å². The van der Waals surface area contributed by atoms with Crippen LogP contribution in [0.15, 0.2) is 12.4 Å². The number of aromatic nitrogens is 5. The largest absolute Gasteiger partial charge is 0.382 e. The van der Waals surface area contributed by atoms with Gasteiger partial charge in [0.2, 0.25) is 0 Å². The van der Waals surface area contributed by atoms with E-state index in [9.17, 15) is 9.90 Å². The van der Waals surface area contributed by atoms with Crippen molar-refractivity contribution < 1.29 is 9.90 Å². The van der Waals surface area contributed by atoms with Gasteiger partial charge in [0, 0.05) is 18.5 Å². The Kier molecular flexibility index (Phi) is 3.87. The maximum atomic E-state index is 13.0. The molecule has 1 atom stereocenters. The Morgan fingerprint density at radius 3 is 2.92 bits per heavy atom. The zero-order valence-electron chi connectivity index (χ0n) is 14.6. The summed E-state index contributed by atoms with van der Waals surface area (Å²) in [6.07, 6.45) is 6.90. The topological polar surface area (TPSA) is 99.9 Å². The smallest absolute Gasteiger partial charge is 0.257 e. The van der Waals surface area contributed by atoms with Gasteiger partial charge in [0.15, 0.2) is 0 Å². The molecule has 1 unspecified atom stereocenters. The molecule has 2 N–H and O–H groups in total. The number of hydrogen-bond acceptors (Lipinski definition) is 5. The fraction of sp³-hybridized carbons (Fsp3) is 0.647. The molecule has 25 heavy (non-hydrogen) atoms. The fourth-order valence-corrected chi connectivity index (χ4v) is 3.48. The average molecular weight is 344 g/mol. The van der Waals surface area contributed by atoms with Crippen LogP contribution in [-0.4, -0.2) is 54.2 Å². The van der Waals surface area contributed by atoms with Crippen molar-refractivity contribution in [1.29, 1.82) is 0 Å². The summed E-state index contributed by atoms with van der Waals surface area (Å²) in [6, 6.07) is 0.179. The van der Waals surface area contributed by atoms with Crippen molar-refractivity contribution in [3.05, 3.63) is 29.3 Å². The van der Waals surface area contributed by atoms with Gasteiger partial charge in [-0.1, -0.05) is 5.21 Å². The molecule has 2 fully saturated rings. The number of rotatable bonds is 4. The lowest BCUT2D eigenvalue weighted by Crippen LogP contribution is -2.48. The molecule has 1 amide bonds. The Labute approximate surface area is 146 Å². The van der Waals surface area contributed by atoms with Gasteiger partial charge in [0.1, 0.15) is 11.3 Å². The van der Waals surface area contributed by atoms with Crippen LogP contribution in [0.25, 0.3) is 0 Å². The number of piperidine rings is 1. The summed E-state index contributed by atoms with van der Waals surface area (Å²) in [7, 11) is 0. The van der Waals surface area contributed by atoms with Crippen LogP contribution in [0.3, 0.4) is 0 Å². The van der Waals surface area contributed by atoms with Crippen LogP contribution < -0.4 is 0 Å². The van der Waals surface area contributed by atoms with Crippen LogP contribution in [0.1, 0.15) is 73.2 Å². The van der Waals surface area contributed by atoms with Gasteiger partial charge in [0.25, 0.3) is 5.91 Å². The van der Waals surface area contributed by atoms with E-state index >= 15 is 0 Å². The maximum Gasteiger partial charge on any atom is 0.257 e. The monoisotopic (exact) mass is 344 g/mol. The number of H-pyrrole nitrogens is 1. The Balaban J connectivity index is 1.55. The predicted molar refractivity (Wildman–Crippen MR) is 90.0 cm³/mol. The number of aromatic amines is 1. The van der Waals surface area contributed by atoms with Crippen molar-refractivity contribution in [2.75, 3.05) is 13.1 Å². The van der Waals surface area contributed by atoms with Crippen molar-refractivity contribution in [3.8, 4) is 0 Å². The third-order valence-electron chi connectivity index (χ3n) is 5.16. The molecule has 4 rings (SSSR count). The number of aliphatic hydroxyl groups is 1. The molecule has 2 aliphatic rings. The molecule has 8 nitrogen and oxygen atoms in total. The van der Waals surface area contributed by atoms with Crippen molar-refractivity contribution in [1.82, 2.24) is 30.1 Å². The van der Waals surface area contributed by atoms with Crippen molar-refractivity contribution in [2.24, 2.45) is 0 Å². The average Bonchev–Trinajstić information content (AvgIpc) is 3.12. The summed E-state index contributed by atoms with van der Waals surface area (Å²) >= 11 is 0. The van der Waals surface area contributed by atoms with E-state index in [0.29, 0.717) is 30.1 Å². The van der Waals surface area contributed by atoms with E-state index in [2.05, 4.69) is 20.5 Å². The molecule has 2 aromatic heterocycles. The maximum absolute atomic E-state index is 13.0. The van der Waals surface area contributed by atoms with E-state index in [1.807, 2.05) is 13.8 Å². The first-order valence-electron chi connectivity index (χ1n) is 8.95. The van der Waals surface area contributed by atoms with Gasteiger partial charge in [0.05, 0.1) is 30.2 Å². The molecular weight excluding hydrogens is 320 g/mol. The lowest BCUT2D eigenvalue weighted by Gasteiger charge is -2.38. The highest BCUT2D eigenvalue weighted by atomic mass is 16.3. The van der Waals surface area contributed by atoms with Crippen LogP contribution in [0.2, 0.25) is 0 Å². The minimum atomic E-state index is -1.15. The van der Waals surface area contributed by atoms with Crippen molar-refractivity contribution >= 4 is 5.91 Å². The number of carbonyl (C=O) groups excluding carboxylic acids is 1. The molecule has 0 spiro atoms. The van der Waals surface area contributed by atoms with Crippen LogP contribution >= 0.6 is 0 Å². The molecule has 8 heteroatoms. The summed E-state index contributed by atoms with van der Waals surface area (Å²) < 4.78 is 1.73. The lowest BCUT2D eigenvalue weighted by molar-refractivity contribution is -0.0321. The van der Waals surface area contributed by atoms with E-state index in [4.69, 9.17) is 0 Å². The highest BCUT2D eigenvalue weighted by Crippen LogP contribution is 2.41. The van der Waals surface area contributed by atoms with Gasteiger partial charge in [-0.15, -0.1) is 5.10 Å². The van der Waals surface area contributed by atoms with Crippen LogP contribution in [-0.2, 0) is 5.60 Å². The molecule has 0 radical (unpaired) electrons. The molecular formula is C17H24N6O2. The zero-order valence-corrected chi connectivity index (χ0v) is 14.6. The normalized spacial score (nSPS) is 24.1. The number of nitrogens with one attached hydrogen (secondary N) is 1. The molecule has 3 heterocycles.